The average Bonchev–Trinajstić information content (AvgIpc) is 3.59. The largest absolute Gasteiger partial charge is 0.490 e. The van der Waals surface area contributed by atoms with Crippen LogP contribution < -0.4 is 27.1 Å². The van der Waals surface area contributed by atoms with Gasteiger partial charge < -0.3 is 26.3 Å². The van der Waals surface area contributed by atoms with Gasteiger partial charge in [-0.05, 0) is 24.5 Å². The molecule has 10 nitrogen and oxygen atoms in total. The van der Waals surface area contributed by atoms with Gasteiger partial charge in [0.05, 0.1) is 46.4 Å². The molecule has 1 atom stereocenters. The Balaban J connectivity index is 1.65. The zero-order valence-electron chi connectivity index (χ0n) is 18.1. The van der Waals surface area contributed by atoms with Gasteiger partial charge in [0, 0.05) is 25.4 Å². The number of nitrogens with two attached hydrogens (primary N) is 2. The molecular formula is C22H22Cl2N6O4. The molecule has 0 aliphatic heterocycles. The van der Waals surface area contributed by atoms with E-state index in [1.54, 1.807) is 24.4 Å². The Morgan fingerprint density at radius 2 is 1.97 bits per heavy atom. The second-order valence-corrected chi connectivity index (χ2v) is 8.57. The predicted octanol–water partition coefficient (Wildman–Crippen LogP) is 2.96. The standard InChI is InChI=1S/C22H22Cl2N6O4/c1-33-9-17(25)11-4-12(8-27-7-11)29-21(31)18-20(26)28-10-30(22(18)32)19-15(23)5-14(6-16(19)24)34-13-2-3-13/h4-8,10,13,17H,2-3,9,25-26H2,1H3,(H,29,31)/t17-/m0/s1. The van der Waals surface area contributed by atoms with Crippen LogP contribution in [-0.4, -0.2) is 40.3 Å². The van der Waals surface area contributed by atoms with Crippen molar-refractivity contribution in [3.8, 4) is 11.4 Å². The van der Waals surface area contributed by atoms with Crippen molar-refractivity contribution in [3.05, 3.63) is 68.4 Å². The number of hydrogen-bond acceptors (Lipinski definition) is 8. The van der Waals surface area contributed by atoms with Crippen molar-refractivity contribution >= 4 is 40.6 Å². The number of amides is 1. The molecule has 0 unspecified atom stereocenters. The van der Waals surface area contributed by atoms with Gasteiger partial charge in [0.1, 0.15) is 23.5 Å². The molecule has 3 aromatic rings. The predicted molar refractivity (Wildman–Crippen MR) is 129 cm³/mol. The molecule has 178 valence electrons. The third kappa shape index (κ3) is 5.15. The summed E-state index contributed by atoms with van der Waals surface area (Å²) in [4.78, 5) is 34.3. The molecule has 4 rings (SSSR count). The Morgan fingerprint density at radius 3 is 2.62 bits per heavy atom. The average molecular weight is 505 g/mol. The summed E-state index contributed by atoms with van der Waals surface area (Å²) in [5.74, 6) is -0.529. The summed E-state index contributed by atoms with van der Waals surface area (Å²) in [6, 6.07) is 4.31. The first kappa shape index (κ1) is 24.0. The van der Waals surface area contributed by atoms with Gasteiger partial charge in [-0.1, -0.05) is 23.2 Å². The summed E-state index contributed by atoms with van der Waals surface area (Å²) in [5.41, 5.74) is 11.9. The molecule has 2 aromatic heterocycles. The summed E-state index contributed by atoms with van der Waals surface area (Å²) >= 11 is 12.8. The summed E-state index contributed by atoms with van der Waals surface area (Å²) in [6.45, 7) is 0.269. The number of methoxy groups -OCH3 is 1. The van der Waals surface area contributed by atoms with Crippen molar-refractivity contribution < 1.29 is 14.3 Å². The van der Waals surface area contributed by atoms with E-state index in [1.165, 1.54) is 13.3 Å². The van der Waals surface area contributed by atoms with E-state index in [-0.39, 0.29) is 39.8 Å². The van der Waals surface area contributed by atoms with E-state index in [2.05, 4.69) is 15.3 Å². The number of rotatable bonds is 8. The van der Waals surface area contributed by atoms with Gasteiger partial charge in [0.25, 0.3) is 11.5 Å². The second kappa shape index (κ2) is 9.98. The van der Waals surface area contributed by atoms with Crippen molar-refractivity contribution in [2.24, 2.45) is 5.73 Å². The molecule has 0 radical (unpaired) electrons. The number of anilines is 2. The van der Waals surface area contributed by atoms with Crippen molar-refractivity contribution in [1.29, 1.82) is 0 Å². The number of benzene rings is 1. The molecule has 1 amide bonds. The van der Waals surface area contributed by atoms with Gasteiger partial charge >= 0.3 is 0 Å². The van der Waals surface area contributed by atoms with Gasteiger partial charge in [0.15, 0.2) is 0 Å². The van der Waals surface area contributed by atoms with Crippen LogP contribution in [0.15, 0.2) is 41.7 Å². The Hall–Kier alpha value is -3.18. The van der Waals surface area contributed by atoms with E-state index >= 15 is 0 Å². The second-order valence-electron chi connectivity index (χ2n) is 7.76. The molecular weight excluding hydrogens is 483 g/mol. The van der Waals surface area contributed by atoms with Crippen LogP contribution in [0.5, 0.6) is 5.75 Å². The third-order valence-electron chi connectivity index (χ3n) is 5.08. The Kier molecular flexibility index (Phi) is 7.03. The normalized spacial score (nSPS) is 14.0. The van der Waals surface area contributed by atoms with Crippen LogP contribution in [0.3, 0.4) is 0 Å². The number of nitrogens with zero attached hydrogens (tertiary/aromatic N) is 3. The summed E-state index contributed by atoms with van der Waals surface area (Å²) in [5, 5.41) is 2.92. The Labute approximate surface area is 204 Å². The van der Waals surface area contributed by atoms with Crippen molar-refractivity contribution in [1.82, 2.24) is 14.5 Å². The molecule has 12 heteroatoms. The Bertz CT molecular complexity index is 1270. The van der Waals surface area contributed by atoms with Crippen LogP contribution >= 0.6 is 23.2 Å². The minimum atomic E-state index is -0.774. The highest BCUT2D eigenvalue weighted by molar-refractivity contribution is 6.38. The molecule has 0 saturated heterocycles. The number of carbonyl (C=O) groups is 1. The van der Waals surface area contributed by atoms with Crippen LogP contribution in [0.1, 0.15) is 34.8 Å². The number of ether oxygens (including phenoxy) is 2. The molecule has 1 saturated carbocycles. The van der Waals surface area contributed by atoms with Crippen LogP contribution in [0.4, 0.5) is 11.5 Å². The molecule has 1 fully saturated rings. The number of pyridine rings is 1. The number of hydrogen-bond donors (Lipinski definition) is 3. The maximum absolute atomic E-state index is 13.2. The highest BCUT2D eigenvalue weighted by Crippen LogP contribution is 2.35. The van der Waals surface area contributed by atoms with Crippen LogP contribution in [-0.2, 0) is 4.74 Å². The maximum Gasteiger partial charge on any atom is 0.273 e. The molecule has 1 aliphatic carbocycles. The minimum absolute atomic E-state index is 0.145. The smallest absolute Gasteiger partial charge is 0.273 e. The fourth-order valence-corrected chi connectivity index (χ4v) is 3.91. The van der Waals surface area contributed by atoms with E-state index < -0.39 is 17.5 Å². The van der Waals surface area contributed by atoms with E-state index in [4.69, 9.17) is 44.1 Å². The fourth-order valence-electron chi connectivity index (χ4n) is 3.26. The van der Waals surface area contributed by atoms with Crippen molar-refractivity contribution in [2.45, 2.75) is 25.0 Å². The maximum atomic E-state index is 13.2. The van der Waals surface area contributed by atoms with Crippen LogP contribution in [0, 0.1) is 0 Å². The van der Waals surface area contributed by atoms with Gasteiger partial charge in [-0.2, -0.15) is 0 Å². The van der Waals surface area contributed by atoms with E-state index in [1.807, 2.05) is 0 Å². The number of aromatic nitrogens is 3. The van der Waals surface area contributed by atoms with E-state index in [0.29, 0.717) is 17.0 Å². The van der Waals surface area contributed by atoms with Gasteiger partial charge in [-0.25, -0.2) is 4.98 Å². The zero-order chi connectivity index (χ0) is 24.4. The van der Waals surface area contributed by atoms with Crippen molar-refractivity contribution in [3.63, 3.8) is 0 Å². The first-order chi connectivity index (χ1) is 16.3. The summed E-state index contributed by atoms with van der Waals surface area (Å²) in [6.07, 6.45) is 6.21. The number of nitrogens with one attached hydrogen (secondary N) is 1. The van der Waals surface area contributed by atoms with Crippen LogP contribution in [0.2, 0.25) is 10.0 Å². The lowest BCUT2D eigenvalue weighted by Gasteiger charge is -2.15. The van der Waals surface area contributed by atoms with E-state index in [0.717, 1.165) is 23.7 Å². The summed E-state index contributed by atoms with van der Waals surface area (Å²) < 4.78 is 11.8. The molecule has 0 spiro atoms. The molecule has 5 N–H and O–H groups in total. The highest BCUT2D eigenvalue weighted by Gasteiger charge is 2.25. The van der Waals surface area contributed by atoms with Crippen LogP contribution in [0.25, 0.3) is 5.69 Å². The summed E-state index contributed by atoms with van der Waals surface area (Å²) in [7, 11) is 1.53. The molecule has 2 heterocycles. The lowest BCUT2D eigenvalue weighted by atomic mass is 10.1. The zero-order valence-corrected chi connectivity index (χ0v) is 19.6. The first-order valence-corrected chi connectivity index (χ1v) is 11.1. The molecule has 34 heavy (non-hydrogen) atoms. The highest BCUT2D eigenvalue weighted by atomic mass is 35.5. The molecule has 0 bridgehead atoms. The Morgan fingerprint density at radius 1 is 1.26 bits per heavy atom. The van der Waals surface area contributed by atoms with Crippen molar-refractivity contribution in [2.75, 3.05) is 24.8 Å². The topological polar surface area (TPSA) is 147 Å². The fraction of sp³-hybridized carbons (Fsp3) is 0.273. The minimum Gasteiger partial charge on any atom is -0.490 e. The van der Waals surface area contributed by atoms with E-state index in [9.17, 15) is 9.59 Å². The number of halogens is 2. The molecule has 1 aliphatic rings. The van der Waals surface area contributed by atoms with Gasteiger partial charge in [-0.15, -0.1) is 0 Å². The van der Waals surface area contributed by atoms with Gasteiger partial charge in [-0.3, -0.25) is 19.1 Å². The quantitative estimate of drug-likeness (QED) is 0.423. The van der Waals surface area contributed by atoms with Gasteiger partial charge in [0.2, 0.25) is 0 Å². The first-order valence-electron chi connectivity index (χ1n) is 10.3. The number of nitrogen functional groups attached to an aromatic ring is 1. The SMILES string of the molecule is COC[C@H](N)c1cncc(NC(=O)c2c(N)ncn(-c3c(Cl)cc(OC4CC4)cc3Cl)c2=O)c1. The lowest BCUT2D eigenvalue weighted by Crippen LogP contribution is -2.31. The monoisotopic (exact) mass is 504 g/mol. The third-order valence-corrected chi connectivity index (χ3v) is 5.65. The number of carbonyl (C=O) groups excluding carboxylic acids is 1. The lowest BCUT2D eigenvalue weighted by molar-refractivity contribution is 0.102. The molecule has 1 aromatic carbocycles.